The number of carbonyl (C=O) groups is 1. The highest BCUT2D eigenvalue weighted by atomic mass is 16.6. The van der Waals surface area contributed by atoms with Crippen LogP contribution in [0.5, 0.6) is 5.75 Å². The van der Waals surface area contributed by atoms with Crippen LogP contribution in [0, 0.1) is 6.92 Å². The molecule has 3 aromatic rings. The minimum absolute atomic E-state index is 0.440. The van der Waals surface area contributed by atoms with Gasteiger partial charge in [0.2, 0.25) is 5.89 Å². The van der Waals surface area contributed by atoms with Gasteiger partial charge in [0.1, 0.15) is 29.8 Å². The molecule has 1 atom stereocenters. The molecule has 1 heterocycles. The summed E-state index contributed by atoms with van der Waals surface area (Å²) in [6.07, 6.45) is 1.64. The van der Waals surface area contributed by atoms with Gasteiger partial charge < -0.3 is 19.2 Å². The molecule has 1 N–H and O–H groups in total. The van der Waals surface area contributed by atoms with E-state index in [4.69, 9.17) is 13.9 Å². The van der Waals surface area contributed by atoms with Crippen LogP contribution in [0.3, 0.4) is 0 Å². The van der Waals surface area contributed by atoms with Gasteiger partial charge in [0.15, 0.2) is 0 Å². The number of rotatable bonds is 7. The number of aryl methyl sites for hydroxylation is 1. The summed E-state index contributed by atoms with van der Waals surface area (Å²) < 4.78 is 16.9. The first-order valence-electron chi connectivity index (χ1n) is 9.96. The second-order valence-corrected chi connectivity index (χ2v) is 8.13. The Hall–Kier alpha value is -3.28. The Morgan fingerprint density at radius 2 is 1.77 bits per heavy atom. The normalized spacial score (nSPS) is 12.3. The van der Waals surface area contributed by atoms with E-state index in [9.17, 15) is 4.79 Å². The smallest absolute Gasteiger partial charge is 0.408 e. The zero-order valence-corrected chi connectivity index (χ0v) is 17.8. The second kappa shape index (κ2) is 9.48. The lowest BCUT2D eigenvalue weighted by Crippen LogP contribution is -2.35. The standard InChI is InChI=1S/C24H28N2O4/c1-17-15-25-22(29-17)21(26-23(27)30-24(2,3)4)14-18-10-12-20(13-11-18)28-16-19-8-6-5-7-9-19/h5-13,15,21H,14,16H2,1-4H3,(H,26,27). The van der Waals surface area contributed by atoms with E-state index in [1.807, 2.05) is 82.3 Å². The molecule has 3 rings (SSSR count). The van der Waals surface area contributed by atoms with Crippen LogP contribution in [0.1, 0.15) is 49.6 Å². The summed E-state index contributed by atoms with van der Waals surface area (Å²) in [5, 5.41) is 2.86. The number of aromatic nitrogens is 1. The highest BCUT2D eigenvalue weighted by molar-refractivity contribution is 5.68. The van der Waals surface area contributed by atoms with Gasteiger partial charge in [0.25, 0.3) is 0 Å². The van der Waals surface area contributed by atoms with Crippen molar-refractivity contribution in [2.75, 3.05) is 0 Å². The van der Waals surface area contributed by atoms with Gasteiger partial charge in [-0.15, -0.1) is 0 Å². The zero-order valence-electron chi connectivity index (χ0n) is 17.8. The van der Waals surface area contributed by atoms with Crippen molar-refractivity contribution in [3.05, 3.63) is 83.6 Å². The Kier molecular flexibility index (Phi) is 6.77. The SMILES string of the molecule is Cc1cnc(C(Cc2ccc(OCc3ccccc3)cc2)NC(=O)OC(C)(C)C)o1. The number of alkyl carbamates (subject to hydrolysis) is 1. The number of amides is 1. The van der Waals surface area contributed by atoms with Crippen LogP contribution < -0.4 is 10.1 Å². The van der Waals surface area contributed by atoms with Crippen molar-refractivity contribution in [3.8, 4) is 5.75 Å². The molecule has 0 aliphatic carbocycles. The van der Waals surface area contributed by atoms with E-state index in [1.54, 1.807) is 6.20 Å². The first kappa shape index (κ1) is 21.4. The molecule has 0 bridgehead atoms. The van der Waals surface area contributed by atoms with Crippen molar-refractivity contribution in [1.82, 2.24) is 10.3 Å². The molecule has 0 fully saturated rings. The molecule has 0 spiro atoms. The van der Waals surface area contributed by atoms with Crippen LogP contribution in [0.4, 0.5) is 4.79 Å². The maximum absolute atomic E-state index is 12.3. The Bertz CT molecular complexity index is 943. The van der Waals surface area contributed by atoms with Gasteiger partial charge in [-0.1, -0.05) is 42.5 Å². The molecule has 1 amide bonds. The summed E-state index contributed by atoms with van der Waals surface area (Å²) in [6.45, 7) is 7.81. The fourth-order valence-electron chi connectivity index (χ4n) is 2.88. The van der Waals surface area contributed by atoms with Crippen LogP contribution in [-0.2, 0) is 17.8 Å². The minimum atomic E-state index is -0.584. The van der Waals surface area contributed by atoms with Crippen molar-refractivity contribution >= 4 is 6.09 Å². The Balaban J connectivity index is 1.65. The molecule has 0 saturated carbocycles. The van der Waals surface area contributed by atoms with Crippen molar-refractivity contribution in [2.45, 2.75) is 52.4 Å². The topological polar surface area (TPSA) is 73.6 Å². The molecule has 0 radical (unpaired) electrons. The van der Waals surface area contributed by atoms with Crippen LogP contribution in [-0.4, -0.2) is 16.7 Å². The number of nitrogens with one attached hydrogen (secondary N) is 1. The summed E-state index contributed by atoms with van der Waals surface area (Å²) in [4.78, 5) is 16.6. The van der Waals surface area contributed by atoms with Crippen LogP contribution in [0.2, 0.25) is 0 Å². The quantitative estimate of drug-likeness (QED) is 0.569. The van der Waals surface area contributed by atoms with Crippen LogP contribution in [0.25, 0.3) is 0 Å². The molecule has 6 heteroatoms. The third-order valence-electron chi connectivity index (χ3n) is 4.24. The molecule has 1 aromatic heterocycles. The maximum Gasteiger partial charge on any atom is 0.408 e. The van der Waals surface area contributed by atoms with Crippen LogP contribution >= 0.6 is 0 Å². The summed E-state index contributed by atoms with van der Waals surface area (Å²) in [5.74, 6) is 1.92. The molecule has 0 aliphatic heterocycles. The average molecular weight is 408 g/mol. The van der Waals surface area contributed by atoms with E-state index in [0.717, 1.165) is 16.9 Å². The third kappa shape index (κ3) is 6.65. The number of carbonyl (C=O) groups excluding carboxylic acids is 1. The molecule has 0 saturated heterocycles. The molecular formula is C24H28N2O4. The van der Waals surface area contributed by atoms with Crippen LogP contribution in [0.15, 0.2) is 65.2 Å². The lowest BCUT2D eigenvalue weighted by Gasteiger charge is -2.22. The van der Waals surface area contributed by atoms with Gasteiger partial charge in [-0.25, -0.2) is 9.78 Å². The number of nitrogens with zero attached hydrogens (tertiary/aromatic N) is 1. The van der Waals surface area contributed by atoms with Gasteiger partial charge in [-0.05, 0) is 51.0 Å². The molecule has 30 heavy (non-hydrogen) atoms. The van der Waals surface area contributed by atoms with Gasteiger partial charge in [0, 0.05) is 6.42 Å². The number of oxazole rings is 1. The predicted octanol–water partition coefficient (Wildman–Crippen LogP) is 5.37. The summed E-state index contributed by atoms with van der Waals surface area (Å²) in [5.41, 5.74) is 1.54. The minimum Gasteiger partial charge on any atom is -0.489 e. The maximum atomic E-state index is 12.3. The number of benzene rings is 2. The van der Waals surface area contributed by atoms with E-state index in [1.165, 1.54) is 0 Å². The Morgan fingerprint density at radius 1 is 1.07 bits per heavy atom. The molecular weight excluding hydrogens is 380 g/mol. The number of hydrogen-bond donors (Lipinski definition) is 1. The molecule has 0 aliphatic rings. The van der Waals surface area contributed by atoms with Crippen molar-refractivity contribution in [1.29, 1.82) is 0 Å². The number of ether oxygens (including phenoxy) is 2. The van der Waals surface area contributed by atoms with E-state index in [0.29, 0.717) is 24.7 Å². The van der Waals surface area contributed by atoms with E-state index in [2.05, 4.69) is 10.3 Å². The second-order valence-electron chi connectivity index (χ2n) is 8.13. The lowest BCUT2D eigenvalue weighted by atomic mass is 10.1. The lowest BCUT2D eigenvalue weighted by molar-refractivity contribution is 0.0495. The van der Waals surface area contributed by atoms with E-state index >= 15 is 0 Å². The fraction of sp³-hybridized carbons (Fsp3) is 0.333. The third-order valence-corrected chi connectivity index (χ3v) is 4.24. The summed E-state index contributed by atoms with van der Waals surface area (Å²) >= 11 is 0. The van der Waals surface area contributed by atoms with E-state index < -0.39 is 17.7 Å². The highest BCUT2D eigenvalue weighted by Crippen LogP contribution is 2.22. The van der Waals surface area contributed by atoms with Gasteiger partial charge in [0.05, 0.1) is 6.20 Å². The first-order chi connectivity index (χ1) is 14.3. The molecule has 158 valence electrons. The van der Waals surface area contributed by atoms with Crippen molar-refractivity contribution in [2.24, 2.45) is 0 Å². The fourth-order valence-corrected chi connectivity index (χ4v) is 2.88. The van der Waals surface area contributed by atoms with E-state index in [-0.39, 0.29) is 0 Å². The predicted molar refractivity (Wildman–Crippen MR) is 114 cm³/mol. The van der Waals surface area contributed by atoms with Crippen molar-refractivity contribution in [3.63, 3.8) is 0 Å². The van der Waals surface area contributed by atoms with Gasteiger partial charge in [-0.2, -0.15) is 0 Å². The Morgan fingerprint density at radius 3 is 2.37 bits per heavy atom. The van der Waals surface area contributed by atoms with Crippen molar-refractivity contribution < 1.29 is 18.7 Å². The first-order valence-corrected chi connectivity index (χ1v) is 9.96. The highest BCUT2D eigenvalue weighted by Gasteiger charge is 2.24. The van der Waals surface area contributed by atoms with Gasteiger partial charge in [-0.3, -0.25) is 0 Å². The molecule has 2 aromatic carbocycles. The summed E-state index contributed by atoms with van der Waals surface area (Å²) in [6, 6.07) is 17.4. The molecule has 6 nitrogen and oxygen atoms in total. The largest absolute Gasteiger partial charge is 0.489 e. The Labute approximate surface area is 177 Å². The summed E-state index contributed by atoms with van der Waals surface area (Å²) in [7, 11) is 0. The monoisotopic (exact) mass is 408 g/mol. The average Bonchev–Trinajstić information content (AvgIpc) is 3.13. The molecule has 1 unspecified atom stereocenters. The number of hydrogen-bond acceptors (Lipinski definition) is 5. The van der Waals surface area contributed by atoms with Gasteiger partial charge >= 0.3 is 6.09 Å². The zero-order chi connectivity index (χ0) is 21.6.